The number of benzene rings is 1. The van der Waals surface area contributed by atoms with E-state index in [-0.39, 0.29) is 12.2 Å². The van der Waals surface area contributed by atoms with Gasteiger partial charge in [-0.15, -0.1) is 0 Å². The minimum atomic E-state index is -1.03. The summed E-state index contributed by atoms with van der Waals surface area (Å²) in [6.45, 7) is 0.209. The zero-order chi connectivity index (χ0) is 12.3. The van der Waals surface area contributed by atoms with E-state index in [1.165, 1.54) is 18.5 Å². The molecule has 0 aliphatic rings. The van der Waals surface area contributed by atoms with E-state index in [9.17, 15) is 4.79 Å². The topological polar surface area (TPSA) is 72.6 Å². The Kier molecular flexibility index (Phi) is 3.43. The van der Waals surface area contributed by atoms with Crippen LogP contribution in [0.5, 0.6) is 5.75 Å². The Morgan fingerprint density at radius 2 is 2.35 bits per heavy atom. The van der Waals surface area contributed by atoms with E-state index in [2.05, 4.69) is 25.6 Å². The van der Waals surface area contributed by atoms with Crippen LogP contribution in [-0.2, 0) is 6.61 Å². The van der Waals surface area contributed by atoms with Gasteiger partial charge in [-0.05, 0) is 18.2 Å². The van der Waals surface area contributed by atoms with Crippen LogP contribution in [0.3, 0.4) is 0 Å². The molecule has 5 nitrogen and oxygen atoms in total. The lowest BCUT2D eigenvalue weighted by Gasteiger charge is -2.08. The van der Waals surface area contributed by atoms with E-state index in [4.69, 9.17) is 9.84 Å². The molecule has 1 N–H and O–H groups in total. The van der Waals surface area contributed by atoms with Crippen molar-refractivity contribution >= 4 is 21.9 Å². The fraction of sp³-hybridized carbons (Fsp3) is 0.0909. The molecule has 0 atom stereocenters. The van der Waals surface area contributed by atoms with Crippen LogP contribution in [-0.4, -0.2) is 16.2 Å². The molecule has 0 saturated heterocycles. The van der Waals surface area contributed by atoms with Gasteiger partial charge in [-0.2, -0.15) is 0 Å². The van der Waals surface area contributed by atoms with Crippen LogP contribution in [0.1, 0.15) is 15.9 Å². The Bertz CT molecular complexity index is 524. The van der Waals surface area contributed by atoms with E-state index in [0.717, 1.165) is 10.0 Å². The summed E-state index contributed by atoms with van der Waals surface area (Å²) in [5, 5.41) is 12.5. The molecular weight excluding hydrogens is 290 g/mol. The Hall–Kier alpha value is -1.82. The minimum Gasteiger partial charge on any atom is -0.488 e. The summed E-state index contributed by atoms with van der Waals surface area (Å²) >= 11 is 3.26. The van der Waals surface area contributed by atoms with Crippen molar-refractivity contribution in [1.82, 2.24) is 5.16 Å². The van der Waals surface area contributed by atoms with Crippen LogP contribution >= 0.6 is 15.9 Å². The van der Waals surface area contributed by atoms with Gasteiger partial charge >= 0.3 is 5.97 Å². The quantitative estimate of drug-likeness (QED) is 0.939. The number of halogens is 1. The molecular formula is C11H8BrNO4. The van der Waals surface area contributed by atoms with Gasteiger partial charge < -0.3 is 14.4 Å². The smallest absolute Gasteiger partial charge is 0.339 e. The predicted octanol–water partition coefficient (Wildman–Crippen LogP) is 2.71. The number of hydrogen-bond donors (Lipinski definition) is 1. The van der Waals surface area contributed by atoms with E-state index in [1.807, 2.05) is 0 Å². The zero-order valence-corrected chi connectivity index (χ0v) is 10.2. The number of nitrogens with zero attached hydrogens (tertiary/aromatic N) is 1. The molecule has 2 rings (SSSR count). The highest BCUT2D eigenvalue weighted by Crippen LogP contribution is 2.24. The first kappa shape index (κ1) is 11.7. The van der Waals surface area contributed by atoms with Crippen molar-refractivity contribution in [2.75, 3.05) is 0 Å². The van der Waals surface area contributed by atoms with Crippen LogP contribution in [0.4, 0.5) is 0 Å². The molecule has 0 aliphatic heterocycles. The number of carboxylic acids is 1. The van der Waals surface area contributed by atoms with Crippen molar-refractivity contribution in [3.05, 3.63) is 46.3 Å². The van der Waals surface area contributed by atoms with E-state index < -0.39 is 5.97 Å². The highest BCUT2D eigenvalue weighted by atomic mass is 79.9. The van der Waals surface area contributed by atoms with Crippen molar-refractivity contribution in [1.29, 1.82) is 0 Å². The zero-order valence-electron chi connectivity index (χ0n) is 8.59. The second-order valence-electron chi connectivity index (χ2n) is 3.27. The molecule has 1 aromatic heterocycles. The molecule has 0 amide bonds. The SMILES string of the molecule is O=C(O)c1ccc(Br)cc1OCc1cnoc1. The Morgan fingerprint density at radius 3 is 3.00 bits per heavy atom. The van der Waals surface area contributed by atoms with Gasteiger partial charge in [0.05, 0.1) is 6.20 Å². The summed E-state index contributed by atoms with van der Waals surface area (Å²) in [5.74, 6) is -0.731. The maximum Gasteiger partial charge on any atom is 0.339 e. The van der Waals surface area contributed by atoms with Crippen LogP contribution in [0, 0.1) is 0 Å². The average Bonchev–Trinajstić information content (AvgIpc) is 2.78. The van der Waals surface area contributed by atoms with Crippen molar-refractivity contribution in [2.45, 2.75) is 6.61 Å². The minimum absolute atomic E-state index is 0.115. The highest BCUT2D eigenvalue weighted by Gasteiger charge is 2.12. The molecule has 2 aromatic rings. The van der Waals surface area contributed by atoms with Crippen LogP contribution in [0.15, 0.2) is 39.7 Å². The van der Waals surface area contributed by atoms with Gasteiger partial charge in [0, 0.05) is 10.0 Å². The van der Waals surface area contributed by atoms with Crippen LogP contribution in [0.2, 0.25) is 0 Å². The second-order valence-corrected chi connectivity index (χ2v) is 4.18. The number of aromatic nitrogens is 1. The molecule has 0 spiro atoms. The number of rotatable bonds is 4. The molecule has 17 heavy (non-hydrogen) atoms. The third-order valence-corrected chi connectivity index (χ3v) is 2.55. The van der Waals surface area contributed by atoms with Crippen LogP contribution < -0.4 is 4.74 Å². The number of ether oxygens (including phenoxy) is 1. The third-order valence-electron chi connectivity index (χ3n) is 2.05. The molecule has 0 unspecified atom stereocenters. The number of aromatic carboxylic acids is 1. The first-order chi connectivity index (χ1) is 8.16. The Labute approximate surface area is 105 Å². The number of carboxylic acid groups (broad SMARTS) is 1. The second kappa shape index (κ2) is 5.01. The van der Waals surface area contributed by atoms with Gasteiger partial charge in [-0.1, -0.05) is 21.1 Å². The van der Waals surface area contributed by atoms with Gasteiger partial charge in [-0.25, -0.2) is 4.79 Å². The fourth-order valence-electron chi connectivity index (χ4n) is 1.25. The lowest BCUT2D eigenvalue weighted by molar-refractivity contribution is 0.0691. The van der Waals surface area contributed by atoms with Crippen LogP contribution in [0.25, 0.3) is 0 Å². The van der Waals surface area contributed by atoms with Gasteiger partial charge in [0.2, 0.25) is 0 Å². The lowest BCUT2D eigenvalue weighted by atomic mass is 10.2. The van der Waals surface area contributed by atoms with E-state index in [0.29, 0.717) is 5.75 Å². The first-order valence-electron chi connectivity index (χ1n) is 4.70. The van der Waals surface area contributed by atoms with Gasteiger partial charge in [-0.3, -0.25) is 0 Å². The molecule has 6 heteroatoms. The van der Waals surface area contributed by atoms with Crippen molar-refractivity contribution in [3.8, 4) is 5.75 Å². The van der Waals surface area contributed by atoms with E-state index >= 15 is 0 Å². The number of hydrogen-bond acceptors (Lipinski definition) is 4. The standard InChI is InChI=1S/C11H8BrNO4/c12-8-1-2-9(11(14)15)10(3-8)16-5-7-4-13-17-6-7/h1-4,6H,5H2,(H,14,15). The molecule has 1 heterocycles. The summed E-state index contributed by atoms with van der Waals surface area (Å²) in [4.78, 5) is 11.0. The fourth-order valence-corrected chi connectivity index (χ4v) is 1.59. The number of carbonyl (C=O) groups is 1. The normalized spacial score (nSPS) is 10.2. The van der Waals surface area contributed by atoms with E-state index in [1.54, 1.807) is 12.1 Å². The summed E-state index contributed by atoms with van der Waals surface area (Å²) in [6, 6.07) is 4.74. The van der Waals surface area contributed by atoms with Gasteiger partial charge in [0.15, 0.2) is 0 Å². The summed E-state index contributed by atoms with van der Waals surface area (Å²) in [5.41, 5.74) is 0.853. The molecule has 88 valence electrons. The third kappa shape index (κ3) is 2.85. The summed E-state index contributed by atoms with van der Waals surface area (Å²) in [7, 11) is 0. The average molecular weight is 298 g/mol. The summed E-state index contributed by atoms with van der Waals surface area (Å²) < 4.78 is 10.8. The van der Waals surface area contributed by atoms with Gasteiger partial charge in [0.25, 0.3) is 0 Å². The maximum absolute atomic E-state index is 11.0. The molecule has 0 saturated carbocycles. The first-order valence-corrected chi connectivity index (χ1v) is 5.50. The monoisotopic (exact) mass is 297 g/mol. The molecule has 0 radical (unpaired) electrons. The van der Waals surface area contributed by atoms with Crippen molar-refractivity contribution in [3.63, 3.8) is 0 Å². The molecule has 0 bridgehead atoms. The Balaban J connectivity index is 2.19. The van der Waals surface area contributed by atoms with Crippen molar-refractivity contribution in [2.24, 2.45) is 0 Å². The lowest BCUT2D eigenvalue weighted by Crippen LogP contribution is -2.03. The maximum atomic E-state index is 11.0. The Morgan fingerprint density at radius 1 is 1.53 bits per heavy atom. The highest BCUT2D eigenvalue weighted by molar-refractivity contribution is 9.10. The molecule has 0 fully saturated rings. The predicted molar refractivity (Wildman–Crippen MR) is 61.9 cm³/mol. The molecule has 1 aromatic carbocycles. The summed E-state index contributed by atoms with van der Waals surface area (Å²) in [6.07, 6.45) is 2.96. The van der Waals surface area contributed by atoms with Crippen molar-refractivity contribution < 1.29 is 19.2 Å². The van der Waals surface area contributed by atoms with Gasteiger partial charge in [0.1, 0.15) is 24.2 Å². The largest absolute Gasteiger partial charge is 0.488 e. The molecule has 0 aliphatic carbocycles.